The third kappa shape index (κ3) is 17.2. The summed E-state index contributed by atoms with van der Waals surface area (Å²) in [6.45, 7) is 19.3. The Morgan fingerprint density at radius 1 is 0.420 bits per heavy atom. The molecule has 0 aliphatic rings. The van der Waals surface area contributed by atoms with Gasteiger partial charge in [-0.25, -0.2) is 0 Å². The predicted octanol–water partition coefficient (Wildman–Crippen LogP) is 15.8. The second-order valence-electron chi connectivity index (χ2n) is 16.0. The van der Waals surface area contributed by atoms with Crippen molar-refractivity contribution in [3.05, 3.63) is 23.3 Å². The van der Waals surface area contributed by atoms with Gasteiger partial charge >= 0.3 is 346 Å². The van der Waals surface area contributed by atoms with Crippen LogP contribution in [0.1, 0.15) is 233 Å². The Labute approximate surface area is 342 Å². The van der Waals surface area contributed by atoms with Gasteiger partial charge in [0.15, 0.2) is 0 Å². The normalized spacial score (nSPS) is 12.4. The maximum absolute atomic E-state index is 2.82. The second-order valence-corrected chi connectivity index (χ2v) is 30.6. The van der Waals surface area contributed by atoms with E-state index in [1.165, 1.54) is 180 Å². The van der Waals surface area contributed by atoms with Gasteiger partial charge in [0.05, 0.1) is 0 Å². The summed E-state index contributed by atoms with van der Waals surface area (Å²) in [5.41, 5.74) is 3.57. The molecule has 0 spiro atoms. The van der Waals surface area contributed by atoms with Gasteiger partial charge in [-0.1, -0.05) is 0 Å². The third-order valence-corrected chi connectivity index (χ3v) is 26.5. The Hall–Kier alpha value is 0.997. The van der Waals surface area contributed by atoms with Crippen LogP contribution >= 0.6 is 22.7 Å². The molecule has 2 aromatic heterocycles. The van der Waals surface area contributed by atoms with Crippen LogP contribution in [0.2, 0.25) is 6.86 Å². The van der Waals surface area contributed by atoms with Gasteiger partial charge < -0.3 is 0 Å². The van der Waals surface area contributed by atoms with Crippen LogP contribution in [0.5, 0.6) is 0 Å². The molecular weight excluding hydrogens is 854 g/mol. The van der Waals surface area contributed by atoms with Crippen LogP contribution in [0.25, 0.3) is 9.75 Å². The van der Waals surface area contributed by atoms with Gasteiger partial charge in [-0.3, -0.25) is 0 Å². The molecule has 0 bridgehead atoms. The molecule has 0 saturated heterocycles. The van der Waals surface area contributed by atoms with E-state index < -0.39 is 42.3 Å². The van der Waals surface area contributed by atoms with E-state index in [9.17, 15) is 0 Å². The van der Waals surface area contributed by atoms with Crippen molar-refractivity contribution in [3.8, 4) is 9.75 Å². The molecule has 0 nitrogen and oxygen atoms in total. The van der Waals surface area contributed by atoms with Crippen molar-refractivity contribution in [1.82, 2.24) is 0 Å². The Bertz CT molecular complexity index is 1050. The topological polar surface area (TPSA) is 0 Å². The van der Waals surface area contributed by atoms with Crippen LogP contribution in [-0.2, 0) is 12.8 Å². The van der Waals surface area contributed by atoms with Crippen molar-refractivity contribution < 1.29 is 0 Å². The van der Waals surface area contributed by atoms with Crippen molar-refractivity contribution in [2.75, 3.05) is 0 Å². The monoisotopic (exact) mass is 938 g/mol. The molecule has 0 atom stereocenters. The van der Waals surface area contributed by atoms with Crippen molar-refractivity contribution in [1.29, 1.82) is 0 Å². The molecule has 286 valence electrons. The summed E-state index contributed by atoms with van der Waals surface area (Å²) in [6, 6.07) is 5.62. The van der Waals surface area contributed by atoms with Crippen LogP contribution in [0.4, 0.5) is 0 Å². The van der Waals surface area contributed by atoms with E-state index in [0.29, 0.717) is 6.86 Å². The fourth-order valence-corrected chi connectivity index (χ4v) is 25.4. The number of hydrogen-bond donors (Lipinski definition) is 0. The summed E-state index contributed by atoms with van der Waals surface area (Å²) in [5, 5.41) is 0. The molecule has 0 aliphatic heterocycles. The van der Waals surface area contributed by atoms with E-state index in [-0.39, 0.29) is 0 Å². The quantitative estimate of drug-likeness (QED) is 0.0494. The fraction of sp³-hybridized carbons (Fsp3) is 0.826. The van der Waals surface area contributed by atoms with Gasteiger partial charge in [0, 0.05) is 0 Å². The Morgan fingerprint density at radius 3 is 1.24 bits per heavy atom. The zero-order valence-corrected chi connectivity index (χ0v) is 42.1. The number of hydrogen-bond acceptors (Lipinski definition) is 2. The van der Waals surface area contributed by atoms with Crippen LogP contribution < -0.4 is 5.79 Å². The molecule has 0 N–H and O–H groups in total. The molecular formula is C46H82S2Sn2. The SMILES string of the molecule is CCCCCCc1cc(-c2s[c]([Sn][C](CCCC)(CCCC)CCCC)cc2CCCCCC)s[c]1[Sn][C](CCCC)(CCCC)CCCC. The molecule has 2 aromatic rings. The van der Waals surface area contributed by atoms with Crippen LogP contribution in [0.15, 0.2) is 12.1 Å². The van der Waals surface area contributed by atoms with E-state index in [2.05, 4.69) is 90.2 Å². The summed E-state index contributed by atoms with van der Waals surface area (Å²) >= 11 is 3.19. The standard InChI is InChI=1S/C20H28S2.2C13H27.2Sn/c1-3-5-7-9-11-17-15-19(22-16-17)20-18(13-14-21-20)12-10-8-6-4-2;2*1-4-7-10-13(11-8-5-2)12-9-6-3;;/h13,15H,3-12H2,1-2H3;2*4-12H2,1-3H3;;. The van der Waals surface area contributed by atoms with Crippen LogP contribution in [-0.4, -0.2) is 42.3 Å². The van der Waals surface area contributed by atoms with E-state index in [4.69, 9.17) is 0 Å². The number of unbranched alkanes of at least 4 members (excludes halogenated alkanes) is 12. The van der Waals surface area contributed by atoms with Gasteiger partial charge in [0.2, 0.25) is 0 Å². The molecule has 0 fully saturated rings. The number of aryl methyl sites for hydroxylation is 2. The van der Waals surface area contributed by atoms with Gasteiger partial charge in [-0.15, -0.1) is 0 Å². The molecule has 0 amide bonds. The summed E-state index contributed by atoms with van der Waals surface area (Å²) in [4.78, 5) is 3.43. The van der Waals surface area contributed by atoms with E-state index in [0.717, 1.165) is 0 Å². The minimum absolute atomic E-state index is 0.668. The molecule has 0 unspecified atom stereocenters. The van der Waals surface area contributed by atoms with Gasteiger partial charge in [0.1, 0.15) is 0 Å². The number of rotatable bonds is 33. The van der Waals surface area contributed by atoms with Crippen molar-refractivity contribution in [3.63, 3.8) is 0 Å². The Kier molecular flexibility index (Phi) is 26.8. The maximum atomic E-state index is 2.82. The Morgan fingerprint density at radius 2 is 0.820 bits per heavy atom. The first-order chi connectivity index (χ1) is 24.4. The average Bonchev–Trinajstić information content (AvgIpc) is 3.72. The molecule has 2 heterocycles. The fourth-order valence-electron chi connectivity index (χ4n) is 7.92. The number of thiophene rings is 2. The minimum atomic E-state index is -0.752. The van der Waals surface area contributed by atoms with Crippen LogP contribution in [0, 0.1) is 0 Å². The molecule has 4 heteroatoms. The first-order valence-electron chi connectivity index (χ1n) is 22.2. The second kappa shape index (κ2) is 28.4. The summed E-state index contributed by atoms with van der Waals surface area (Å²) in [6.07, 6.45) is 39.5. The zero-order chi connectivity index (χ0) is 36.5. The van der Waals surface area contributed by atoms with E-state index >= 15 is 0 Å². The molecule has 0 aromatic carbocycles. The van der Waals surface area contributed by atoms with Crippen molar-refractivity contribution >= 4 is 70.7 Å². The molecule has 2 rings (SSSR count). The third-order valence-electron chi connectivity index (χ3n) is 11.3. The molecule has 0 aliphatic carbocycles. The summed E-state index contributed by atoms with van der Waals surface area (Å²) in [5.74, 6) is 0. The molecule has 4 radical (unpaired) electrons. The Balaban J connectivity index is 2.64. The summed E-state index contributed by atoms with van der Waals surface area (Å²) in [7, 11) is 0. The first-order valence-corrected chi connectivity index (χ1v) is 29.5. The van der Waals surface area contributed by atoms with Crippen LogP contribution in [0.3, 0.4) is 0 Å². The van der Waals surface area contributed by atoms with E-state index in [1.807, 2.05) is 11.3 Å². The van der Waals surface area contributed by atoms with Crippen molar-refractivity contribution in [2.24, 2.45) is 0 Å². The first kappa shape index (κ1) is 47.1. The summed E-state index contributed by atoms with van der Waals surface area (Å²) < 4.78 is 5.18. The average molecular weight is 937 g/mol. The predicted molar refractivity (Wildman–Crippen MR) is 237 cm³/mol. The van der Waals surface area contributed by atoms with Gasteiger partial charge in [-0.05, 0) is 0 Å². The van der Waals surface area contributed by atoms with Crippen molar-refractivity contribution in [2.45, 2.75) is 242 Å². The van der Waals surface area contributed by atoms with Gasteiger partial charge in [0.25, 0.3) is 0 Å². The molecule has 50 heavy (non-hydrogen) atoms. The zero-order valence-electron chi connectivity index (χ0n) is 34.8. The van der Waals surface area contributed by atoms with E-state index in [1.54, 1.807) is 15.3 Å². The molecule has 0 saturated carbocycles. The van der Waals surface area contributed by atoms with Gasteiger partial charge in [-0.2, -0.15) is 0 Å².